The van der Waals surface area contributed by atoms with Crippen molar-refractivity contribution < 1.29 is 9.53 Å². The largest absolute Gasteiger partial charge is 0.379 e. The Bertz CT molecular complexity index is 818. The minimum Gasteiger partial charge on any atom is -0.379 e. The lowest BCUT2D eigenvalue weighted by Crippen LogP contribution is -2.38. The molecule has 0 saturated carbocycles. The standard InChI is InChI=1S/C25H35N3O2/c1-4-19(2)23-11-7-8-12-24(23)27-25(29)20(3)26-17-21-9-5-6-10-22(21)18-28-13-15-30-16-14-28/h5-12,19-20,26H,4,13-18H2,1-3H3,(H,27,29)/t19-,20+/m1/s1. The fourth-order valence-corrected chi connectivity index (χ4v) is 3.74. The number of amides is 1. The summed E-state index contributed by atoms with van der Waals surface area (Å²) < 4.78 is 5.45. The Balaban J connectivity index is 1.58. The number of carbonyl (C=O) groups excluding carboxylic acids is 1. The molecule has 1 saturated heterocycles. The quantitative estimate of drug-likeness (QED) is 0.653. The third-order valence-corrected chi connectivity index (χ3v) is 5.97. The number of anilines is 1. The first kappa shape index (κ1) is 22.5. The zero-order valence-corrected chi connectivity index (χ0v) is 18.5. The number of nitrogens with zero attached hydrogens (tertiary/aromatic N) is 1. The molecule has 0 unspecified atom stereocenters. The van der Waals surface area contributed by atoms with Crippen molar-refractivity contribution in [3.63, 3.8) is 0 Å². The van der Waals surface area contributed by atoms with Gasteiger partial charge in [0.1, 0.15) is 0 Å². The summed E-state index contributed by atoms with van der Waals surface area (Å²) in [5.74, 6) is 0.410. The van der Waals surface area contributed by atoms with E-state index in [9.17, 15) is 4.79 Å². The molecule has 5 nitrogen and oxygen atoms in total. The van der Waals surface area contributed by atoms with Gasteiger partial charge in [0.05, 0.1) is 19.3 Å². The molecule has 1 aliphatic rings. The summed E-state index contributed by atoms with van der Waals surface area (Å²) >= 11 is 0. The SMILES string of the molecule is CC[C@@H](C)c1ccccc1NC(=O)[C@H](C)NCc1ccccc1CN1CCOCC1. The number of rotatable bonds is 9. The van der Waals surface area contributed by atoms with E-state index in [4.69, 9.17) is 4.74 Å². The molecule has 0 bridgehead atoms. The Morgan fingerprint density at radius 1 is 1.03 bits per heavy atom. The summed E-state index contributed by atoms with van der Waals surface area (Å²) in [4.78, 5) is 15.2. The predicted octanol–water partition coefficient (Wildman–Crippen LogP) is 4.15. The van der Waals surface area contributed by atoms with Crippen molar-refractivity contribution in [2.24, 2.45) is 0 Å². The molecule has 1 fully saturated rings. The molecule has 0 aliphatic carbocycles. The van der Waals surface area contributed by atoms with E-state index in [-0.39, 0.29) is 11.9 Å². The molecule has 1 heterocycles. The van der Waals surface area contributed by atoms with Crippen LogP contribution in [0.25, 0.3) is 0 Å². The molecular formula is C25H35N3O2. The Morgan fingerprint density at radius 3 is 2.43 bits per heavy atom. The molecule has 0 spiro atoms. The van der Waals surface area contributed by atoms with Crippen LogP contribution in [0.3, 0.4) is 0 Å². The van der Waals surface area contributed by atoms with Gasteiger partial charge in [-0.15, -0.1) is 0 Å². The molecule has 1 amide bonds. The molecule has 30 heavy (non-hydrogen) atoms. The highest BCUT2D eigenvalue weighted by Crippen LogP contribution is 2.26. The minimum atomic E-state index is -0.286. The van der Waals surface area contributed by atoms with Gasteiger partial charge in [0.15, 0.2) is 0 Å². The van der Waals surface area contributed by atoms with E-state index in [0.29, 0.717) is 12.5 Å². The van der Waals surface area contributed by atoms with E-state index in [2.05, 4.69) is 59.7 Å². The van der Waals surface area contributed by atoms with Crippen molar-refractivity contribution in [3.05, 3.63) is 65.2 Å². The number of ether oxygens (including phenoxy) is 1. The Kier molecular flexibility index (Phi) is 8.43. The van der Waals surface area contributed by atoms with E-state index in [1.54, 1.807) is 0 Å². The van der Waals surface area contributed by atoms with Gasteiger partial charge in [-0.1, -0.05) is 56.3 Å². The molecule has 162 valence electrons. The molecule has 2 N–H and O–H groups in total. The van der Waals surface area contributed by atoms with Crippen LogP contribution in [-0.4, -0.2) is 43.2 Å². The lowest BCUT2D eigenvalue weighted by Gasteiger charge is -2.27. The molecule has 2 atom stereocenters. The molecule has 0 aromatic heterocycles. The van der Waals surface area contributed by atoms with Crippen LogP contribution in [0.15, 0.2) is 48.5 Å². The number of benzene rings is 2. The number of hydrogen-bond acceptors (Lipinski definition) is 4. The van der Waals surface area contributed by atoms with Crippen LogP contribution in [0.1, 0.15) is 49.8 Å². The second-order valence-corrected chi connectivity index (χ2v) is 8.15. The summed E-state index contributed by atoms with van der Waals surface area (Å²) in [6.45, 7) is 11.4. The monoisotopic (exact) mass is 409 g/mol. The smallest absolute Gasteiger partial charge is 0.241 e. The topological polar surface area (TPSA) is 53.6 Å². The summed E-state index contributed by atoms with van der Waals surface area (Å²) in [5, 5.41) is 6.52. The van der Waals surface area contributed by atoms with Crippen LogP contribution < -0.4 is 10.6 Å². The fourth-order valence-electron chi connectivity index (χ4n) is 3.74. The lowest BCUT2D eigenvalue weighted by atomic mass is 9.97. The summed E-state index contributed by atoms with van der Waals surface area (Å²) in [6.07, 6.45) is 1.04. The first-order valence-electron chi connectivity index (χ1n) is 11.1. The van der Waals surface area contributed by atoms with Crippen molar-refractivity contribution in [2.45, 2.75) is 52.2 Å². The molecule has 2 aromatic rings. The second-order valence-electron chi connectivity index (χ2n) is 8.15. The molecule has 5 heteroatoms. The lowest BCUT2D eigenvalue weighted by molar-refractivity contribution is -0.117. The molecule has 3 rings (SSSR count). The third kappa shape index (κ3) is 6.14. The highest BCUT2D eigenvalue weighted by Gasteiger charge is 2.17. The number of nitrogens with one attached hydrogen (secondary N) is 2. The summed E-state index contributed by atoms with van der Waals surface area (Å²) in [5.41, 5.74) is 4.65. The molecule has 0 radical (unpaired) electrons. The number of morpholine rings is 1. The molecule has 1 aliphatic heterocycles. The minimum absolute atomic E-state index is 0.00332. The van der Waals surface area contributed by atoms with Gasteiger partial charge in [-0.05, 0) is 42.0 Å². The Labute approximate surface area is 180 Å². The van der Waals surface area contributed by atoms with Gasteiger partial charge in [-0.25, -0.2) is 0 Å². The average Bonchev–Trinajstić information content (AvgIpc) is 2.78. The fraction of sp³-hybridized carbons (Fsp3) is 0.480. The van der Waals surface area contributed by atoms with Crippen LogP contribution >= 0.6 is 0 Å². The van der Waals surface area contributed by atoms with Crippen molar-refractivity contribution in [1.29, 1.82) is 0 Å². The maximum atomic E-state index is 12.8. The van der Waals surface area contributed by atoms with Gasteiger partial charge in [-0.3, -0.25) is 9.69 Å². The predicted molar refractivity (Wildman–Crippen MR) is 123 cm³/mol. The van der Waals surface area contributed by atoms with Crippen LogP contribution in [-0.2, 0) is 22.6 Å². The highest BCUT2D eigenvalue weighted by atomic mass is 16.5. The van der Waals surface area contributed by atoms with E-state index in [1.807, 2.05) is 25.1 Å². The highest BCUT2D eigenvalue weighted by molar-refractivity contribution is 5.95. The second kappa shape index (κ2) is 11.3. The van der Waals surface area contributed by atoms with Crippen LogP contribution in [0.5, 0.6) is 0 Å². The van der Waals surface area contributed by atoms with Gasteiger partial charge in [0.25, 0.3) is 0 Å². The van der Waals surface area contributed by atoms with Gasteiger partial charge in [0.2, 0.25) is 5.91 Å². The summed E-state index contributed by atoms with van der Waals surface area (Å²) in [6, 6.07) is 16.3. The maximum Gasteiger partial charge on any atom is 0.241 e. The van der Waals surface area contributed by atoms with Crippen molar-refractivity contribution >= 4 is 11.6 Å². The van der Waals surface area contributed by atoms with Crippen molar-refractivity contribution in [1.82, 2.24) is 10.2 Å². The van der Waals surface area contributed by atoms with E-state index >= 15 is 0 Å². The zero-order chi connectivity index (χ0) is 21.3. The molecule has 2 aromatic carbocycles. The zero-order valence-electron chi connectivity index (χ0n) is 18.5. The van der Waals surface area contributed by atoms with E-state index in [1.165, 1.54) is 16.7 Å². The Morgan fingerprint density at radius 2 is 1.70 bits per heavy atom. The maximum absolute atomic E-state index is 12.8. The van der Waals surface area contributed by atoms with E-state index < -0.39 is 0 Å². The van der Waals surface area contributed by atoms with Gasteiger partial charge < -0.3 is 15.4 Å². The van der Waals surface area contributed by atoms with Crippen molar-refractivity contribution in [2.75, 3.05) is 31.6 Å². The average molecular weight is 410 g/mol. The van der Waals surface area contributed by atoms with Crippen LogP contribution in [0.2, 0.25) is 0 Å². The summed E-state index contributed by atoms with van der Waals surface area (Å²) in [7, 11) is 0. The van der Waals surface area contributed by atoms with Crippen LogP contribution in [0.4, 0.5) is 5.69 Å². The third-order valence-electron chi connectivity index (χ3n) is 5.97. The van der Waals surface area contributed by atoms with E-state index in [0.717, 1.165) is 45.0 Å². The first-order valence-corrected chi connectivity index (χ1v) is 11.1. The number of carbonyl (C=O) groups is 1. The first-order chi connectivity index (χ1) is 14.6. The Hall–Kier alpha value is -2.21. The molecular weight excluding hydrogens is 374 g/mol. The number of hydrogen-bond donors (Lipinski definition) is 2. The number of para-hydroxylation sites is 1. The van der Waals surface area contributed by atoms with Gasteiger partial charge >= 0.3 is 0 Å². The normalized spacial score (nSPS) is 16.8. The van der Waals surface area contributed by atoms with Gasteiger partial charge in [-0.2, -0.15) is 0 Å². The van der Waals surface area contributed by atoms with Crippen LogP contribution in [0, 0.1) is 0 Å². The van der Waals surface area contributed by atoms with Gasteiger partial charge in [0, 0.05) is 31.9 Å². The van der Waals surface area contributed by atoms with Crippen molar-refractivity contribution in [3.8, 4) is 0 Å².